The Hall–Kier alpha value is -1.38. The van der Waals surface area contributed by atoms with E-state index in [1.165, 1.54) is 25.7 Å². The van der Waals surface area contributed by atoms with Crippen LogP contribution in [0.3, 0.4) is 0 Å². The highest BCUT2D eigenvalue weighted by Crippen LogP contribution is 2.27. The van der Waals surface area contributed by atoms with Crippen molar-refractivity contribution in [3.05, 3.63) is 25.1 Å². The van der Waals surface area contributed by atoms with E-state index in [1.54, 1.807) is 14.2 Å². The number of benzene rings is 1. The Morgan fingerprint density at radius 2 is 1.32 bits per heavy atom. The molecule has 1 rings (SSSR count). The zero-order valence-corrected chi connectivity index (χ0v) is 12.1. The second-order valence-electron chi connectivity index (χ2n) is 4.52. The molecule has 0 atom stereocenters. The molecule has 0 saturated heterocycles. The molecule has 3 heteroatoms. The minimum atomic E-state index is 0.737. The molecule has 0 aliphatic carbocycles. The van der Waals surface area contributed by atoms with Crippen LogP contribution in [0.1, 0.15) is 38.5 Å². The van der Waals surface area contributed by atoms with E-state index in [2.05, 4.69) is 6.92 Å². The van der Waals surface area contributed by atoms with Gasteiger partial charge >= 0.3 is 0 Å². The predicted octanol–water partition coefficient (Wildman–Crippen LogP) is 4.26. The van der Waals surface area contributed by atoms with E-state index in [-0.39, 0.29) is 0 Å². The number of unbranched alkanes of at least 4 members (excludes halogenated alkanes) is 5. The van der Waals surface area contributed by atoms with Crippen LogP contribution >= 0.6 is 0 Å². The molecule has 0 aliphatic heterocycles. The van der Waals surface area contributed by atoms with Crippen molar-refractivity contribution in [3.63, 3.8) is 0 Å². The van der Waals surface area contributed by atoms with Crippen LogP contribution in [0.15, 0.2) is 18.2 Å². The third-order valence-corrected chi connectivity index (χ3v) is 2.99. The van der Waals surface area contributed by atoms with Gasteiger partial charge in [0.2, 0.25) is 0 Å². The lowest BCUT2D eigenvalue weighted by molar-refractivity contribution is 0.299. The summed E-state index contributed by atoms with van der Waals surface area (Å²) < 4.78 is 16.1. The van der Waals surface area contributed by atoms with Gasteiger partial charge in [0, 0.05) is 18.2 Å². The molecule has 0 bridgehead atoms. The first-order valence-corrected chi connectivity index (χ1v) is 6.95. The number of methoxy groups -OCH3 is 2. The lowest BCUT2D eigenvalue weighted by Gasteiger charge is -2.10. The van der Waals surface area contributed by atoms with E-state index in [0.29, 0.717) is 0 Å². The molecule has 0 N–H and O–H groups in total. The fourth-order valence-electron chi connectivity index (χ4n) is 1.86. The molecule has 0 saturated carbocycles. The van der Waals surface area contributed by atoms with Gasteiger partial charge < -0.3 is 14.2 Å². The topological polar surface area (TPSA) is 27.7 Å². The Labute approximate surface area is 116 Å². The Kier molecular flexibility index (Phi) is 7.87. The maximum Gasteiger partial charge on any atom is 0.126 e. The van der Waals surface area contributed by atoms with Crippen LogP contribution in [0.5, 0.6) is 17.2 Å². The van der Waals surface area contributed by atoms with E-state index in [4.69, 9.17) is 14.2 Å². The molecule has 19 heavy (non-hydrogen) atoms. The largest absolute Gasteiger partial charge is 0.496 e. The number of ether oxygens (including phenoxy) is 3. The predicted molar refractivity (Wildman–Crippen MR) is 78.1 cm³/mol. The molecule has 1 radical (unpaired) electrons. The van der Waals surface area contributed by atoms with Crippen LogP contribution in [0.25, 0.3) is 0 Å². The van der Waals surface area contributed by atoms with Crippen molar-refractivity contribution in [2.75, 3.05) is 20.8 Å². The molecular formula is C16H25O3. The third-order valence-electron chi connectivity index (χ3n) is 2.99. The average molecular weight is 265 g/mol. The van der Waals surface area contributed by atoms with Gasteiger partial charge in [-0.15, -0.1) is 0 Å². The molecule has 0 heterocycles. The number of rotatable bonds is 10. The van der Waals surface area contributed by atoms with E-state index >= 15 is 0 Å². The van der Waals surface area contributed by atoms with Crippen LogP contribution in [0.4, 0.5) is 0 Å². The standard InChI is InChI=1S/C16H25O3/c1-4-5-6-7-8-9-10-19-16-12-14(17-2)11-15(13-16)18-3/h11-13H,1,4-10H2,2-3H3. The maximum atomic E-state index is 5.73. The van der Waals surface area contributed by atoms with Gasteiger partial charge in [-0.05, 0) is 6.42 Å². The summed E-state index contributed by atoms with van der Waals surface area (Å²) in [5.74, 6) is 2.31. The normalized spacial score (nSPS) is 10.3. The summed E-state index contributed by atoms with van der Waals surface area (Å²) in [6.45, 7) is 4.58. The highest BCUT2D eigenvalue weighted by molar-refractivity contribution is 5.41. The first kappa shape index (κ1) is 15.7. The van der Waals surface area contributed by atoms with E-state index < -0.39 is 0 Å². The summed E-state index contributed by atoms with van der Waals surface area (Å²) in [5, 5.41) is 0. The van der Waals surface area contributed by atoms with Crippen LogP contribution in [0, 0.1) is 6.92 Å². The van der Waals surface area contributed by atoms with Crippen LogP contribution in [-0.2, 0) is 0 Å². The summed E-state index contributed by atoms with van der Waals surface area (Å²) in [4.78, 5) is 0. The zero-order valence-electron chi connectivity index (χ0n) is 12.1. The van der Waals surface area contributed by atoms with Gasteiger partial charge in [-0.2, -0.15) is 0 Å². The molecule has 1 aromatic rings. The Morgan fingerprint density at radius 1 is 0.789 bits per heavy atom. The van der Waals surface area contributed by atoms with Crippen LogP contribution < -0.4 is 14.2 Å². The fourth-order valence-corrected chi connectivity index (χ4v) is 1.86. The highest BCUT2D eigenvalue weighted by Gasteiger charge is 2.02. The molecule has 1 aromatic carbocycles. The lowest BCUT2D eigenvalue weighted by Crippen LogP contribution is -1.98. The van der Waals surface area contributed by atoms with Gasteiger partial charge in [-0.3, -0.25) is 0 Å². The molecule has 107 valence electrons. The first-order chi connectivity index (χ1) is 9.30. The third kappa shape index (κ3) is 6.37. The van der Waals surface area contributed by atoms with Crippen LogP contribution in [-0.4, -0.2) is 20.8 Å². The molecule has 0 spiro atoms. The highest BCUT2D eigenvalue weighted by atomic mass is 16.5. The molecule has 0 aliphatic rings. The zero-order chi connectivity index (χ0) is 13.9. The van der Waals surface area contributed by atoms with Gasteiger partial charge in [0.15, 0.2) is 0 Å². The monoisotopic (exact) mass is 265 g/mol. The fraction of sp³-hybridized carbons (Fsp3) is 0.562. The van der Waals surface area contributed by atoms with Crippen molar-refractivity contribution in [2.45, 2.75) is 38.5 Å². The molecule has 3 nitrogen and oxygen atoms in total. The van der Waals surface area contributed by atoms with Gasteiger partial charge in [-0.25, -0.2) is 0 Å². The minimum absolute atomic E-state index is 0.737. The molecule has 0 aromatic heterocycles. The van der Waals surface area contributed by atoms with Crippen molar-refractivity contribution < 1.29 is 14.2 Å². The van der Waals surface area contributed by atoms with E-state index in [1.807, 2.05) is 18.2 Å². The Bertz CT molecular complexity index is 328. The quantitative estimate of drug-likeness (QED) is 0.592. The van der Waals surface area contributed by atoms with Crippen molar-refractivity contribution in [1.82, 2.24) is 0 Å². The lowest BCUT2D eigenvalue weighted by atomic mass is 10.1. The SMILES string of the molecule is [CH2]CCCCCCCOc1cc(OC)cc(OC)c1. The maximum absolute atomic E-state index is 5.73. The van der Waals surface area contributed by atoms with Gasteiger partial charge in [0.1, 0.15) is 17.2 Å². The summed E-state index contributed by atoms with van der Waals surface area (Å²) in [5.41, 5.74) is 0. The summed E-state index contributed by atoms with van der Waals surface area (Å²) >= 11 is 0. The van der Waals surface area contributed by atoms with Crippen LogP contribution in [0.2, 0.25) is 0 Å². The van der Waals surface area contributed by atoms with Gasteiger partial charge in [0.25, 0.3) is 0 Å². The Morgan fingerprint density at radius 3 is 1.89 bits per heavy atom. The van der Waals surface area contributed by atoms with E-state index in [0.717, 1.165) is 36.7 Å². The Balaban J connectivity index is 2.28. The summed E-state index contributed by atoms with van der Waals surface area (Å²) in [6, 6.07) is 5.60. The van der Waals surface area contributed by atoms with Gasteiger partial charge in [-0.1, -0.05) is 39.0 Å². The second-order valence-corrected chi connectivity index (χ2v) is 4.52. The van der Waals surface area contributed by atoms with Crippen molar-refractivity contribution in [3.8, 4) is 17.2 Å². The smallest absolute Gasteiger partial charge is 0.126 e. The van der Waals surface area contributed by atoms with Crippen molar-refractivity contribution >= 4 is 0 Å². The summed E-state index contributed by atoms with van der Waals surface area (Å²) in [7, 11) is 3.28. The van der Waals surface area contributed by atoms with Crippen molar-refractivity contribution in [2.24, 2.45) is 0 Å². The first-order valence-electron chi connectivity index (χ1n) is 6.95. The molecule has 0 amide bonds. The molecule has 0 unspecified atom stereocenters. The molecule has 0 fully saturated rings. The van der Waals surface area contributed by atoms with Crippen molar-refractivity contribution in [1.29, 1.82) is 0 Å². The average Bonchev–Trinajstić information content (AvgIpc) is 2.45. The number of hydrogen-bond donors (Lipinski definition) is 0. The summed E-state index contributed by atoms with van der Waals surface area (Å²) in [6.07, 6.45) is 7.10. The second kappa shape index (κ2) is 9.54. The van der Waals surface area contributed by atoms with Gasteiger partial charge in [0.05, 0.1) is 20.8 Å². The number of hydrogen-bond acceptors (Lipinski definition) is 3. The minimum Gasteiger partial charge on any atom is -0.496 e. The molecular weight excluding hydrogens is 240 g/mol. The van der Waals surface area contributed by atoms with E-state index in [9.17, 15) is 0 Å².